The van der Waals surface area contributed by atoms with E-state index in [1.807, 2.05) is 30.5 Å². The minimum absolute atomic E-state index is 0.0324. The largest absolute Gasteiger partial charge is 0.456 e. The first-order chi connectivity index (χ1) is 13.0. The quantitative estimate of drug-likeness (QED) is 0.599. The normalized spacial score (nSPS) is 10.6. The van der Waals surface area contributed by atoms with Gasteiger partial charge in [-0.25, -0.2) is 0 Å². The number of carbonyl (C=O) groups is 2. The van der Waals surface area contributed by atoms with E-state index in [2.05, 4.69) is 15.5 Å². The number of hydrogen-bond donors (Lipinski definition) is 1. The summed E-state index contributed by atoms with van der Waals surface area (Å²) in [5, 5.41) is 8.80. The molecule has 0 spiro atoms. The van der Waals surface area contributed by atoms with Crippen LogP contribution in [0, 0.1) is 6.92 Å². The van der Waals surface area contributed by atoms with Gasteiger partial charge in [-0.3, -0.25) is 9.59 Å². The molecule has 0 saturated heterocycles. The predicted octanol–water partition coefficient (Wildman–Crippen LogP) is 3.87. The van der Waals surface area contributed by atoms with Crippen molar-refractivity contribution in [1.29, 1.82) is 0 Å². The van der Waals surface area contributed by atoms with E-state index in [-0.39, 0.29) is 12.8 Å². The average molecular weight is 406 g/mol. The van der Waals surface area contributed by atoms with Crippen LogP contribution in [0.25, 0.3) is 10.7 Å². The van der Waals surface area contributed by atoms with Gasteiger partial charge in [0.2, 0.25) is 11.7 Å². The molecular formula is C18H16ClN3O4S. The zero-order chi connectivity index (χ0) is 19.2. The molecule has 0 aliphatic heterocycles. The number of hydrogen-bond acceptors (Lipinski definition) is 7. The number of anilines is 1. The number of rotatable bonds is 7. The van der Waals surface area contributed by atoms with E-state index < -0.39 is 18.5 Å². The summed E-state index contributed by atoms with van der Waals surface area (Å²) in [6.07, 6.45) is 0.271. The lowest BCUT2D eigenvalue weighted by atomic mass is 10.2. The number of aryl methyl sites for hydroxylation is 2. The van der Waals surface area contributed by atoms with Gasteiger partial charge in [0.25, 0.3) is 5.91 Å². The molecule has 2 heterocycles. The van der Waals surface area contributed by atoms with Gasteiger partial charge in [-0.1, -0.05) is 28.9 Å². The first-order valence-corrected chi connectivity index (χ1v) is 9.35. The van der Waals surface area contributed by atoms with Crippen molar-refractivity contribution in [3.05, 3.63) is 52.2 Å². The Morgan fingerprint density at radius 3 is 2.93 bits per heavy atom. The summed E-state index contributed by atoms with van der Waals surface area (Å²) in [7, 11) is 0. The van der Waals surface area contributed by atoms with Crippen molar-refractivity contribution in [2.75, 3.05) is 11.9 Å². The molecule has 2 aromatic heterocycles. The Hall–Kier alpha value is -2.71. The van der Waals surface area contributed by atoms with Crippen LogP contribution < -0.4 is 5.32 Å². The summed E-state index contributed by atoms with van der Waals surface area (Å²) >= 11 is 7.54. The molecule has 0 bridgehead atoms. The maximum atomic E-state index is 11.9. The van der Waals surface area contributed by atoms with E-state index in [1.165, 1.54) is 11.3 Å². The third-order valence-corrected chi connectivity index (χ3v) is 4.69. The second-order valence-corrected chi connectivity index (χ2v) is 7.04. The number of aromatic nitrogens is 2. The molecule has 0 aliphatic carbocycles. The van der Waals surface area contributed by atoms with Crippen molar-refractivity contribution < 1.29 is 18.8 Å². The van der Waals surface area contributed by atoms with Crippen LogP contribution in [0.15, 0.2) is 40.2 Å². The van der Waals surface area contributed by atoms with Crippen molar-refractivity contribution in [3.8, 4) is 10.7 Å². The molecule has 0 radical (unpaired) electrons. The highest BCUT2D eigenvalue weighted by molar-refractivity contribution is 7.13. The van der Waals surface area contributed by atoms with Crippen LogP contribution in [0.2, 0.25) is 5.02 Å². The van der Waals surface area contributed by atoms with E-state index in [0.717, 1.165) is 10.4 Å². The maximum Gasteiger partial charge on any atom is 0.306 e. The Balaban J connectivity index is 1.42. The molecule has 0 unspecified atom stereocenters. The van der Waals surface area contributed by atoms with Crippen LogP contribution in [-0.4, -0.2) is 28.6 Å². The molecular weight excluding hydrogens is 390 g/mol. The number of carbonyl (C=O) groups excluding carboxylic acids is 2. The highest BCUT2D eigenvalue weighted by Gasteiger charge is 2.13. The molecule has 1 amide bonds. The average Bonchev–Trinajstić information content (AvgIpc) is 3.32. The molecule has 140 valence electrons. The van der Waals surface area contributed by atoms with E-state index in [9.17, 15) is 9.59 Å². The van der Waals surface area contributed by atoms with E-state index in [4.69, 9.17) is 20.9 Å². The van der Waals surface area contributed by atoms with Crippen LogP contribution in [0.1, 0.15) is 17.9 Å². The number of esters is 1. The summed E-state index contributed by atoms with van der Waals surface area (Å²) < 4.78 is 10.1. The van der Waals surface area contributed by atoms with Gasteiger partial charge >= 0.3 is 5.97 Å². The van der Waals surface area contributed by atoms with Gasteiger partial charge in [0.05, 0.1) is 22.0 Å². The van der Waals surface area contributed by atoms with Gasteiger partial charge in [0.15, 0.2) is 6.61 Å². The molecule has 7 nitrogen and oxygen atoms in total. The van der Waals surface area contributed by atoms with Gasteiger partial charge in [-0.2, -0.15) is 4.98 Å². The smallest absolute Gasteiger partial charge is 0.306 e. The van der Waals surface area contributed by atoms with Gasteiger partial charge in [-0.15, -0.1) is 11.3 Å². The Bertz CT molecular complexity index is 940. The van der Waals surface area contributed by atoms with E-state index >= 15 is 0 Å². The summed E-state index contributed by atoms with van der Waals surface area (Å²) in [5.74, 6) is -0.170. The molecule has 9 heteroatoms. The number of benzene rings is 1. The SMILES string of the molecule is Cc1ccc(NC(=O)COC(=O)CCc2nc(-c3cccs3)no2)c(Cl)c1. The van der Waals surface area contributed by atoms with Gasteiger partial charge in [0, 0.05) is 6.42 Å². The van der Waals surface area contributed by atoms with Crippen molar-refractivity contribution >= 4 is 40.5 Å². The number of halogens is 1. The maximum absolute atomic E-state index is 11.9. The zero-order valence-electron chi connectivity index (χ0n) is 14.4. The lowest BCUT2D eigenvalue weighted by Gasteiger charge is -2.08. The van der Waals surface area contributed by atoms with E-state index in [0.29, 0.717) is 22.4 Å². The van der Waals surface area contributed by atoms with Crippen LogP contribution in [0.4, 0.5) is 5.69 Å². The number of nitrogens with one attached hydrogen (secondary N) is 1. The van der Waals surface area contributed by atoms with Crippen molar-refractivity contribution in [2.45, 2.75) is 19.8 Å². The molecule has 3 aromatic rings. The number of amides is 1. The van der Waals surface area contributed by atoms with Crippen LogP contribution >= 0.6 is 22.9 Å². The van der Waals surface area contributed by atoms with Crippen molar-refractivity contribution in [1.82, 2.24) is 10.1 Å². The standard InChI is InChI=1S/C18H16ClN3O4S/c1-11-4-5-13(12(19)9-11)20-15(23)10-25-17(24)7-6-16-21-18(22-26-16)14-3-2-8-27-14/h2-5,8-9H,6-7,10H2,1H3,(H,20,23). The molecule has 0 saturated carbocycles. The Kier molecular flexibility index (Phi) is 6.20. The monoisotopic (exact) mass is 405 g/mol. The van der Waals surface area contributed by atoms with Crippen molar-refractivity contribution in [3.63, 3.8) is 0 Å². The minimum Gasteiger partial charge on any atom is -0.456 e. The first-order valence-electron chi connectivity index (χ1n) is 8.09. The molecule has 27 heavy (non-hydrogen) atoms. The van der Waals surface area contributed by atoms with Crippen LogP contribution in [0.3, 0.4) is 0 Å². The highest BCUT2D eigenvalue weighted by Crippen LogP contribution is 2.23. The van der Waals surface area contributed by atoms with E-state index in [1.54, 1.807) is 12.1 Å². The second-order valence-electron chi connectivity index (χ2n) is 5.68. The number of ether oxygens (including phenoxy) is 1. The fraction of sp³-hybridized carbons (Fsp3) is 0.222. The fourth-order valence-corrected chi connectivity index (χ4v) is 3.13. The number of thiophene rings is 1. The first kappa shape index (κ1) is 19.1. The third kappa shape index (κ3) is 5.38. The second kappa shape index (κ2) is 8.79. The fourth-order valence-electron chi connectivity index (χ4n) is 2.20. The summed E-state index contributed by atoms with van der Waals surface area (Å²) in [6.45, 7) is 1.50. The van der Waals surface area contributed by atoms with Gasteiger partial charge in [0.1, 0.15) is 0 Å². The molecule has 0 aliphatic rings. The predicted molar refractivity (Wildman–Crippen MR) is 102 cm³/mol. The molecule has 0 atom stereocenters. The Morgan fingerprint density at radius 1 is 1.33 bits per heavy atom. The molecule has 0 fully saturated rings. The van der Waals surface area contributed by atoms with Gasteiger partial charge in [-0.05, 0) is 36.1 Å². The minimum atomic E-state index is -0.531. The number of nitrogens with zero attached hydrogens (tertiary/aromatic N) is 2. The third-order valence-electron chi connectivity index (χ3n) is 3.52. The Morgan fingerprint density at radius 2 is 2.19 bits per heavy atom. The Labute approximate surface area is 164 Å². The summed E-state index contributed by atoms with van der Waals surface area (Å²) in [4.78, 5) is 28.8. The van der Waals surface area contributed by atoms with Crippen LogP contribution in [0.5, 0.6) is 0 Å². The van der Waals surface area contributed by atoms with Crippen molar-refractivity contribution in [2.24, 2.45) is 0 Å². The molecule has 3 rings (SSSR count). The van der Waals surface area contributed by atoms with Crippen LogP contribution in [-0.2, 0) is 20.7 Å². The molecule has 1 N–H and O–H groups in total. The topological polar surface area (TPSA) is 94.3 Å². The lowest BCUT2D eigenvalue weighted by molar-refractivity contribution is -0.147. The van der Waals surface area contributed by atoms with Gasteiger partial charge < -0.3 is 14.6 Å². The highest BCUT2D eigenvalue weighted by atomic mass is 35.5. The summed E-state index contributed by atoms with van der Waals surface area (Å²) in [6, 6.07) is 9.02. The lowest BCUT2D eigenvalue weighted by Crippen LogP contribution is -2.21. The zero-order valence-corrected chi connectivity index (χ0v) is 16.0. The molecule has 1 aromatic carbocycles. The summed E-state index contributed by atoms with van der Waals surface area (Å²) in [5.41, 5.74) is 1.45.